The number of benzene rings is 2. The van der Waals surface area contributed by atoms with E-state index in [0.29, 0.717) is 0 Å². The molecule has 2 aromatic carbocycles. The minimum atomic E-state index is -2.62. The van der Waals surface area contributed by atoms with Gasteiger partial charge in [-0.25, -0.2) is 0 Å². The molecule has 2 heterocycles. The van der Waals surface area contributed by atoms with E-state index in [1.54, 1.807) is 18.2 Å². The van der Waals surface area contributed by atoms with Crippen molar-refractivity contribution in [2.24, 2.45) is 4.99 Å². The van der Waals surface area contributed by atoms with Gasteiger partial charge < -0.3 is 0 Å². The first-order valence-corrected chi connectivity index (χ1v) is 16.6. The Morgan fingerprint density at radius 2 is 1.84 bits per heavy atom. The van der Waals surface area contributed by atoms with Gasteiger partial charge in [0.1, 0.15) is 0 Å². The van der Waals surface area contributed by atoms with Crippen LogP contribution in [0.3, 0.4) is 0 Å². The maximum atomic E-state index is 12.4. The van der Waals surface area contributed by atoms with Crippen molar-refractivity contribution in [3.05, 3.63) is 76.4 Å². The van der Waals surface area contributed by atoms with E-state index in [1.165, 1.54) is 12.1 Å². The average molecular weight is 777 g/mol. The predicted molar refractivity (Wildman–Crippen MR) is 150 cm³/mol. The summed E-state index contributed by atoms with van der Waals surface area (Å²) in [6, 6.07) is 14.1. The number of aromatic hydroxyl groups is 1. The van der Waals surface area contributed by atoms with E-state index in [1.807, 2.05) is 30.3 Å². The van der Waals surface area contributed by atoms with Gasteiger partial charge in [-0.3, -0.25) is 0 Å². The van der Waals surface area contributed by atoms with E-state index in [4.69, 9.17) is 4.99 Å². The van der Waals surface area contributed by atoms with Crippen molar-refractivity contribution in [2.75, 3.05) is 0 Å². The van der Waals surface area contributed by atoms with E-state index < -0.39 is 8.07 Å². The number of carbonyl (C=O) groups is 1. The SMILES string of the molecule is C[Si]1(c2ccccc2)C2=CC(=O)C=CC2=Nc2ccc(O)c(-c3[se]c(I)c(Br)c3I)c21. The third-order valence-electron chi connectivity index (χ3n) is 5.74. The van der Waals surface area contributed by atoms with Crippen molar-refractivity contribution in [1.82, 2.24) is 0 Å². The summed E-state index contributed by atoms with van der Waals surface area (Å²) >= 11 is 8.57. The van der Waals surface area contributed by atoms with Crippen molar-refractivity contribution in [3.63, 3.8) is 0 Å². The van der Waals surface area contributed by atoms with Gasteiger partial charge in [-0.05, 0) is 0 Å². The molecule has 5 rings (SSSR count). The van der Waals surface area contributed by atoms with E-state index in [-0.39, 0.29) is 26.0 Å². The van der Waals surface area contributed by atoms with Crippen LogP contribution in [0, 0.1) is 6.01 Å². The van der Waals surface area contributed by atoms with Gasteiger partial charge in [0.05, 0.1) is 0 Å². The Balaban J connectivity index is 1.94. The van der Waals surface area contributed by atoms with Gasteiger partial charge in [0.2, 0.25) is 0 Å². The Hall–Kier alpha value is -0.784. The second-order valence-electron chi connectivity index (χ2n) is 7.47. The Bertz CT molecular complexity index is 1360. The summed E-state index contributed by atoms with van der Waals surface area (Å²) in [5, 5.41) is 14.5. The van der Waals surface area contributed by atoms with Gasteiger partial charge in [-0.1, -0.05) is 0 Å². The number of hydrogen-bond donors (Lipinski definition) is 1. The molecule has 1 atom stereocenters. The van der Waals surface area contributed by atoms with Crippen LogP contribution >= 0.6 is 61.1 Å². The predicted octanol–water partition coefficient (Wildman–Crippen LogP) is 4.97. The average Bonchev–Trinajstić information content (AvgIpc) is 3.02. The molecule has 0 radical (unpaired) electrons. The summed E-state index contributed by atoms with van der Waals surface area (Å²) in [6.45, 7) is 2.28. The first-order chi connectivity index (χ1) is 14.8. The van der Waals surface area contributed by atoms with E-state index in [9.17, 15) is 9.90 Å². The normalized spacial score (nSPS) is 19.5. The maximum absolute atomic E-state index is 12.4. The molecule has 1 aromatic heterocycles. The first-order valence-electron chi connectivity index (χ1n) is 9.41. The number of carbonyl (C=O) groups excluding carboxylic acids is 1. The molecule has 3 nitrogen and oxygen atoms in total. The van der Waals surface area contributed by atoms with Gasteiger partial charge in [-0.15, -0.1) is 0 Å². The van der Waals surface area contributed by atoms with Crippen LogP contribution < -0.4 is 10.4 Å². The molecule has 0 amide bonds. The molecule has 154 valence electrons. The van der Waals surface area contributed by atoms with Crippen molar-refractivity contribution in [2.45, 2.75) is 6.55 Å². The molecule has 8 heteroatoms. The van der Waals surface area contributed by atoms with E-state index >= 15 is 0 Å². The molecule has 0 saturated heterocycles. The fourth-order valence-electron chi connectivity index (χ4n) is 4.28. The molecule has 0 spiro atoms. The molecule has 0 saturated carbocycles. The van der Waals surface area contributed by atoms with Crippen molar-refractivity contribution in [1.29, 1.82) is 0 Å². The molecule has 0 fully saturated rings. The van der Waals surface area contributed by atoms with Crippen LogP contribution in [0.4, 0.5) is 5.69 Å². The molecule has 0 bridgehead atoms. The fraction of sp³-hybridized carbons (Fsp3) is 0.0435. The Kier molecular flexibility index (Phi) is 5.84. The van der Waals surface area contributed by atoms with Gasteiger partial charge >= 0.3 is 225 Å². The minimum absolute atomic E-state index is 0.00778. The van der Waals surface area contributed by atoms with Crippen LogP contribution in [0.25, 0.3) is 10.0 Å². The standard InChI is InChI=1S/C23H14BrI2NO2SeSi/c1-31(13-5-3-2-4-6-13)17-11-12(28)7-8-14(17)27-15-9-10-16(29)18(22(15)31)21-20(25)19(24)23(26)30-21/h2-11,29H,1H3. The number of allylic oxidation sites excluding steroid dienone is 4. The van der Waals surface area contributed by atoms with Crippen LogP contribution in [0.2, 0.25) is 6.55 Å². The quantitative estimate of drug-likeness (QED) is 0.227. The second kappa shape index (κ2) is 8.21. The van der Waals surface area contributed by atoms with Crippen LogP contribution in [-0.2, 0) is 4.79 Å². The number of rotatable bonds is 2. The van der Waals surface area contributed by atoms with E-state index in [2.05, 4.69) is 79.8 Å². The second-order valence-corrected chi connectivity index (χ2v) is 18.1. The third kappa shape index (κ3) is 3.45. The Morgan fingerprint density at radius 3 is 2.52 bits per heavy atom. The number of halogens is 3. The summed E-state index contributed by atoms with van der Waals surface area (Å²) in [5.74, 6) is 0.273. The summed E-state index contributed by atoms with van der Waals surface area (Å²) in [5.41, 5.74) is 2.65. The summed E-state index contributed by atoms with van der Waals surface area (Å²) in [4.78, 5) is 17.4. The molecule has 3 aromatic rings. The van der Waals surface area contributed by atoms with Crippen molar-refractivity contribution in [3.8, 4) is 15.8 Å². The molecule has 1 N–H and O–H groups in total. The van der Waals surface area contributed by atoms with Crippen LogP contribution in [0.1, 0.15) is 0 Å². The zero-order valence-electron chi connectivity index (χ0n) is 16.1. The molecule has 31 heavy (non-hydrogen) atoms. The number of aliphatic imine (C=N–C) groups is 1. The van der Waals surface area contributed by atoms with Crippen molar-refractivity contribution >= 4 is 111 Å². The van der Waals surface area contributed by atoms with Crippen LogP contribution in [0.15, 0.2) is 75.4 Å². The topological polar surface area (TPSA) is 49.7 Å². The van der Waals surface area contributed by atoms with Crippen LogP contribution in [0.5, 0.6) is 5.75 Å². The summed E-state index contributed by atoms with van der Waals surface area (Å²) in [7, 11) is -2.62. The van der Waals surface area contributed by atoms with Gasteiger partial charge in [0.25, 0.3) is 0 Å². The molecule has 1 aliphatic heterocycles. The summed E-state index contributed by atoms with van der Waals surface area (Å²) < 4.78 is 4.70. The third-order valence-corrected chi connectivity index (χ3v) is 18.8. The van der Waals surface area contributed by atoms with Gasteiger partial charge in [-0.2, -0.15) is 0 Å². The molecule has 1 aliphatic carbocycles. The fourth-order valence-corrected chi connectivity index (χ4v) is 14.9. The zero-order valence-corrected chi connectivity index (χ0v) is 24.7. The van der Waals surface area contributed by atoms with E-state index in [0.717, 1.165) is 35.4 Å². The Labute approximate surface area is 222 Å². The molecule has 1 unspecified atom stereocenters. The molecular weight excluding hydrogens is 763 g/mol. The number of phenols is 1. The Morgan fingerprint density at radius 1 is 1.10 bits per heavy atom. The van der Waals surface area contributed by atoms with Gasteiger partial charge in [0.15, 0.2) is 0 Å². The molecule has 2 aliphatic rings. The monoisotopic (exact) mass is 777 g/mol. The van der Waals surface area contributed by atoms with Crippen molar-refractivity contribution < 1.29 is 9.90 Å². The molecular formula is C23H14BrI2NO2SeSi. The number of ketones is 1. The number of fused-ring (bicyclic) bond motifs is 2. The zero-order chi connectivity index (χ0) is 21.9. The van der Waals surface area contributed by atoms with Crippen LogP contribution in [-0.4, -0.2) is 39.2 Å². The number of nitrogens with zero attached hydrogens (tertiary/aromatic N) is 1. The summed E-state index contributed by atoms with van der Waals surface area (Å²) in [6.07, 6.45) is 5.18. The first kappa shape index (κ1) is 22.0. The number of hydrogen-bond acceptors (Lipinski definition) is 3. The van der Waals surface area contributed by atoms with Gasteiger partial charge in [0, 0.05) is 0 Å². The number of phenolic OH excluding ortho intramolecular Hbond substituents is 1.